The summed E-state index contributed by atoms with van der Waals surface area (Å²) in [4.78, 5) is 22.6. The van der Waals surface area contributed by atoms with Crippen molar-refractivity contribution in [2.45, 2.75) is 38.6 Å². The van der Waals surface area contributed by atoms with Gasteiger partial charge in [0.05, 0.1) is 11.3 Å². The van der Waals surface area contributed by atoms with E-state index in [2.05, 4.69) is 31.1 Å². The van der Waals surface area contributed by atoms with E-state index in [-0.39, 0.29) is 5.91 Å². The van der Waals surface area contributed by atoms with Crippen molar-refractivity contribution in [2.24, 2.45) is 0 Å². The van der Waals surface area contributed by atoms with Gasteiger partial charge in [0.2, 0.25) is 5.95 Å². The maximum Gasteiger partial charge on any atom is 0.254 e. The zero-order valence-corrected chi connectivity index (χ0v) is 14.5. The van der Waals surface area contributed by atoms with E-state index in [0.29, 0.717) is 29.7 Å². The van der Waals surface area contributed by atoms with E-state index in [1.54, 1.807) is 6.20 Å². The van der Waals surface area contributed by atoms with Gasteiger partial charge in [-0.15, -0.1) is 0 Å². The summed E-state index contributed by atoms with van der Waals surface area (Å²) < 4.78 is 2.06. The summed E-state index contributed by atoms with van der Waals surface area (Å²) in [6, 6.07) is 2.10. The third-order valence-corrected chi connectivity index (χ3v) is 4.19. The molecule has 0 atom stereocenters. The molecule has 1 fully saturated rings. The Hall–Kier alpha value is -2.44. The smallest absolute Gasteiger partial charge is 0.254 e. The van der Waals surface area contributed by atoms with Crippen LogP contribution in [0.4, 0.5) is 5.95 Å². The van der Waals surface area contributed by atoms with Gasteiger partial charge in [0.25, 0.3) is 5.91 Å². The van der Waals surface area contributed by atoms with Crippen LogP contribution < -0.4 is 10.2 Å². The van der Waals surface area contributed by atoms with Crippen molar-refractivity contribution in [1.82, 2.24) is 25.1 Å². The Morgan fingerprint density at radius 3 is 2.88 bits per heavy atom. The van der Waals surface area contributed by atoms with Gasteiger partial charge in [0.1, 0.15) is 0 Å². The van der Waals surface area contributed by atoms with Crippen LogP contribution in [-0.2, 0) is 6.54 Å². The van der Waals surface area contributed by atoms with Crippen LogP contribution in [0.3, 0.4) is 0 Å². The Morgan fingerprint density at radius 1 is 1.42 bits per heavy atom. The molecule has 128 valence electrons. The molecule has 0 bridgehead atoms. The maximum atomic E-state index is 12.3. The maximum absolute atomic E-state index is 12.3. The fraction of sp³-hybridized carbons (Fsp3) is 0.529. The number of rotatable bonds is 7. The molecule has 2 heterocycles. The Balaban J connectivity index is 1.49. The van der Waals surface area contributed by atoms with E-state index in [1.807, 2.05) is 32.1 Å². The molecule has 1 aliphatic carbocycles. The van der Waals surface area contributed by atoms with Gasteiger partial charge in [-0.1, -0.05) is 0 Å². The largest absolute Gasteiger partial charge is 0.352 e. The number of hydrogen-bond donors (Lipinski definition) is 1. The molecule has 0 unspecified atom stereocenters. The van der Waals surface area contributed by atoms with Crippen molar-refractivity contribution in [1.29, 1.82) is 0 Å². The van der Waals surface area contributed by atoms with Crippen LogP contribution in [0, 0.1) is 6.92 Å². The van der Waals surface area contributed by atoms with Gasteiger partial charge in [0.15, 0.2) is 0 Å². The molecular weight excluding hydrogens is 304 g/mol. The van der Waals surface area contributed by atoms with E-state index in [4.69, 9.17) is 0 Å². The van der Waals surface area contributed by atoms with Crippen LogP contribution in [0.15, 0.2) is 18.5 Å². The third-order valence-electron chi connectivity index (χ3n) is 4.19. The van der Waals surface area contributed by atoms with Crippen LogP contribution >= 0.6 is 0 Å². The summed E-state index contributed by atoms with van der Waals surface area (Å²) in [5, 5.41) is 7.31. The lowest BCUT2D eigenvalue weighted by Gasteiger charge is -2.12. The first-order valence-corrected chi connectivity index (χ1v) is 8.37. The van der Waals surface area contributed by atoms with Crippen molar-refractivity contribution in [3.8, 4) is 0 Å². The first-order chi connectivity index (χ1) is 11.6. The minimum atomic E-state index is -0.124. The second kappa shape index (κ2) is 6.98. The number of amides is 1. The molecule has 2 aromatic heterocycles. The van der Waals surface area contributed by atoms with Gasteiger partial charge in [-0.05, 0) is 32.3 Å². The molecule has 7 nitrogen and oxygen atoms in total. The first kappa shape index (κ1) is 16.4. The lowest BCUT2D eigenvalue weighted by atomic mass is 10.2. The van der Waals surface area contributed by atoms with Crippen LogP contribution in [0.25, 0.3) is 0 Å². The van der Waals surface area contributed by atoms with Crippen molar-refractivity contribution < 1.29 is 4.79 Å². The molecule has 2 aromatic rings. The number of carbonyl (C=O) groups is 1. The third kappa shape index (κ3) is 3.72. The monoisotopic (exact) mass is 328 g/mol. The van der Waals surface area contributed by atoms with Gasteiger partial charge in [-0.2, -0.15) is 5.10 Å². The highest BCUT2D eigenvalue weighted by Crippen LogP contribution is 2.39. The minimum absolute atomic E-state index is 0.124. The molecule has 1 amide bonds. The van der Waals surface area contributed by atoms with Gasteiger partial charge in [-0.25, -0.2) is 9.97 Å². The highest BCUT2D eigenvalue weighted by molar-refractivity contribution is 5.94. The van der Waals surface area contributed by atoms with E-state index in [0.717, 1.165) is 13.0 Å². The van der Waals surface area contributed by atoms with Crippen molar-refractivity contribution >= 4 is 11.9 Å². The van der Waals surface area contributed by atoms with Crippen LogP contribution in [0.1, 0.15) is 46.9 Å². The van der Waals surface area contributed by atoms with Gasteiger partial charge >= 0.3 is 0 Å². The molecule has 0 radical (unpaired) electrons. The van der Waals surface area contributed by atoms with Gasteiger partial charge in [0, 0.05) is 51.2 Å². The number of nitrogens with one attached hydrogen (secondary N) is 1. The predicted molar refractivity (Wildman–Crippen MR) is 92.2 cm³/mol. The van der Waals surface area contributed by atoms with E-state index in [9.17, 15) is 4.79 Å². The molecule has 7 heteroatoms. The lowest BCUT2D eigenvalue weighted by molar-refractivity contribution is 0.0951. The van der Waals surface area contributed by atoms with Crippen LogP contribution in [0.2, 0.25) is 0 Å². The number of nitrogens with zero attached hydrogens (tertiary/aromatic N) is 5. The Morgan fingerprint density at radius 2 is 2.21 bits per heavy atom. The number of aryl methyl sites for hydroxylation is 2. The zero-order valence-electron chi connectivity index (χ0n) is 14.5. The summed E-state index contributed by atoms with van der Waals surface area (Å²) in [5.74, 6) is 1.17. The standard InChI is InChI=1S/C17H24N6O/c1-12-14(11-19-17(21-12)22(2)3)16(24)18-8-4-10-23-15(7-9-20-23)13-5-6-13/h7,9,11,13H,4-6,8,10H2,1-3H3,(H,18,24). The fourth-order valence-electron chi connectivity index (χ4n) is 2.67. The average molecular weight is 328 g/mol. The molecular formula is C17H24N6O. The molecule has 0 spiro atoms. The molecule has 24 heavy (non-hydrogen) atoms. The number of aromatic nitrogens is 4. The van der Waals surface area contributed by atoms with Gasteiger partial charge in [-0.3, -0.25) is 9.48 Å². The Bertz CT molecular complexity index is 720. The first-order valence-electron chi connectivity index (χ1n) is 8.37. The topological polar surface area (TPSA) is 75.9 Å². The predicted octanol–water partition coefficient (Wildman–Crippen LogP) is 1.75. The SMILES string of the molecule is Cc1nc(N(C)C)ncc1C(=O)NCCCn1nccc1C1CC1. The van der Waals surface area contributed by atoms with E-state index in [1.165, 1.54) is 18.5 Å². The Kier molecular flexibility index (Phi) is 4.78. The molecule has 3 rings (SSSR count). The van der Waals surface area contributed by atoms with Crippen molar-refractivity contribution in [3.05, 3.63) is 35.4 Å². The number of hydrogen-bond acceptors (Lipinski definition) is 5. The van der Waals surface area contributed by atoms with E-state index >= 15 is 0 Å². The van der Waals surface area contributed by atoms with E-state index < -0.39 is 0 Å². The summed E-state index contributed by atoms with van der Waals surface area (Å²) in [6.07, 6.45) is 6.84. The molecule has 0 saturated heterocycles. The summed E-state index contributed by atoms with van der Waals surface area (Å²) in [6.45, 7) is 3.26. The molecule has 0 aliphatic heterocycles. The van der Waals surface area contributed by atoms with Crippen LogP contribution in [0.5, 0.6) is 0 Å². The molecule has 1 N–H and O–H groups in total. The lowest BCUT2D eigenvalue weighted by Crippen LogP contribution is -2.27. The summed E-state index contributed by atoms with van der Waals surface area (Å²) >= 11 is 0. The van der Waals surface area contributed by atoms with Crippen LogP contribution in [-0.4, -0.2) is 46.3 Å². The number of anilines is 1. The van der Waals surface area contributed by atoms with Gasteiger partial charge < -0.3 is 10.2 Å². The summed E-state index contributed by atoms with van der Waals surface area (Å²) in [7, 11) is 3.75. The molecule has 1 aliphatic rings. The highest BCUT2D eigenvalue weighted by Gasteiger charge is 2.26. The minimum Gasteiger partial charge on any atom is -0.352 e. The van der Waals surface area contributed by atoms with Crippen molar-refractivity contribution in [3.63, 3.8) is 0 Å². The number of carbonyl (C=O) groups excluding carboxylic acids is 1. The summed E-state index contributed by atoms with van der Waals surface area (Å²) in [5.41, 5.74) is 2.54. The highest BCUT2D eigenvalue weighted by atomic mass is 16.1. The second-order valence-electron chi connectivity index (χ2n) is 6.43. The fourth-order valence-corrected chi connectivity index (χ4v) is 2.67. The second-order valence-corrected chi connectivity index (χ2v) is 6.43. The molecule has 0 aromatic carbocycles. The Labute approximate surface area is 142 Å². The normalized spacial score (nSPS) is 13.8. The quantitative estimate of drug-likeness (QED) is 0.784. The zero-order chi connectivity index (χ0) is 17.1. The molecule has 1 saturated carbocycles. The average Bonchev–Trinajstić information content (AvgIpc) is 3.30. The van der Waals surface area contributed by atoms with Crippen molar-refractivity contribution in [2.75, 3.05) is 25.5 Å².